The molecule has 1 atom stereocenters. The van der Waals surface area contributed by atoms with Crippen molar-refractivity contribution in [1.82, 2.24) is 0 Å². The predicted octanol–water partition coefficient (Wildman–Crippen LogP) is 0.528. The topological polar surface area (TPSA) is 121 Å². The molecule has 6 nitrogen and oxygen atoms in total. The molecule has 104 valence electrons. The monoisotopic (exact) mass is 285 g/mol. The number of carboxylic acid groups (broad SMARTS) is 1. The summed E-state index contributed by atoms with van der Waals surface area (Å²) >= 11 is 0. The van der Waals surface area contributed by atoms with Gasteiger partial charge in [-0.25, -0.2) is 4.79 Å². The number of rotatable bonds is 4. The van der Waals surface area contributed by atoms with Crippen LogP contribution in [-0.4, -0.2) is 20.9 Å². The number of aliphatic carboxylic acids is 1. The van der Waals surface area contributed by atoms with Gasteiger partial charge in [0.2, 0.25) is 0 Å². The van der Waals surface area contributed by atoms with E-state index < -0.39 is 19.1 Å². The van der Waals surface area contributed by atoms with Crippen LogP contribution in [0.5, 0.6) is 0 Å². The molecular weight excluding hydrogens is 269 g/mol. The van der Waals surface area contributed by atoms with Crippen LogP contribution in [0, 0.1) is 5.92 Å². The molecule has 0 heterocycles. The van der Waals surface area contributed by atoms with Crippen LogP contribution in [0.2, 0.25) is 0 Å². The molecule has 1 fully saturated rings. The van der Waals surface area contributed by atoms with Crippen LogP contribution in [-0.2, 0) is 14.9 Å². The Morgan fingerprint density at radius 2 is 1.79 bits per heavy atom. The van der Waals surface area contributed by atoms with Gasteiger partial charge < -0.3 is 20.6 Å². The van der Waals surface area contributed by atoms with Crippen LogP contribution < -0.4 is 11.0 Å². The first-order chi connectivity index (χ1) is 8.76. The molecule has 0 bridgehead atoms. The zero-order valence-corrected chi connectivity index (χ0v) is 11.1. The Kier molecular flexibility index (Phi) is 3.53. The predicted molar refractivity (Wildman–Crippen MR) is 69.0 cm³/mol. The maximum absolute atomic E-state index is 11.5. The van der Waals surface area contributed by atoms with Gasteiger partial charge in [-0.2, -0.15) is 0 Å². The smallest absolute Gasteiger partial charge is 0.356 e. The van der Waals surface area contributed by atoms with Crippen molar-refractivity contribution in [1.29, 1.82) is 0 Å². The number of carbonyl (C=O) groups is 1. The standard InChI is InChI=1S/C12H16NO5P/c13-12(11(14)15,8-2-1-3-8)9-4-6-10(7-5-9)19(16,17)18/h4-8H,1-3,13H2,(H,14,15)(H2,16,17,18)/t12-/m0/s1. The fourth-order valence-corrected chi connectivity index (χ4v) is 2.87. The number of hydrogen-bond acceptors (Lipinski definition) is 3. The molecule has 0 aromatic heterocycles. The average Bonchev–Trinajstić information content (AvgIpc) is 2.25. The second kappa shape index (κ2) is 4.72. The van der Waals surface area contributed by atoms with Crippen molar-refractivity contribution in [2.75, 3.05) is 0 Å². The zero-order chi connectivity index (χ0) is 14.3. The summed E-state index contributed by atoms with van der Waals surface area (Å²) < 4.78 is 11.1. The summed E-state index contributed by atoms with van der Waals surface area (Å²) in [5.41, 5.74) is 4.93. The van der Waals surface area contributed by atoms with E-state index in [2.05, 4.69) is 0 Å². The van der Waals surface area contributed by atoms with E-state index in [1.165, 1.54) is 24.3 Å². The van der Waals surface area contributed by atoms with E-state index >= 15 is 0 Å². The SMILES string of the molecule is N[C@](C(=O)O)(c1ccc(P(=O)(O)O)cc1)C1CCC1. The van der Waals surface area contributed by atoms with Crippen LogP contribution in [0.1, 0.15) is 24.8 Å². The minimum Gasteiger partial charge on any atom is -0.480 e. The minimum absolute atomic E-state index is 0.133. The van der Waals surface area contributed by atoms with E-state index in [1.54, 1.807) is 0 Å². The van der Waals surface area contributed by atoms with Crippen molar-refractivity contribution >= 4 is 18.9 Å². The van der Waals surface area contributed by atoms with Gasteiger partial charge in [0.1, 0.15) is 5.54 Å². The summed E-state index contributed by atoms with van der Waals surface area (Å²) in [4.78, 5) is 29.5. The Labute approximate surface area is 110 Å². The fraction of sp³-hybridized carbons (Fsp3) is 0.417. The second-order valence-corrected chi connectivity index (χ2v) is 6.50. The molecule has 0 unspecified atom stereocenters. The zero-order valence-electron chi connectivity index (χ0n) is 10.2. The van der Waals surface area contributed by atoms with Crippen molar-refractivity contribution in [3.05, 3.63) is 29.8 Å². The van der Waals surface area contributed by atoms with Gasteiger partial charge in [-0.15, -0.1) is 0 Å². The van der Waals surface area contributed by atoms with Crippen molar-refractivity contribution in [2.45, 2.75) is 24.8 Å². The summed E-state index contributed by atoms with van der Waals surface area (Å²) in [7, 11) is -4.32. The lowest BCUT2D eigenvalue weighted by molar-refractivity contribution is -0.147. The maximum Gasteiger partial charge on any atom is 0.356 e. The first-order valence-corrected chi connectivity index (χ1v) is 7.56. The Morgan fingerprint density at radius 1 is 1.26 bits per heavy atom. The van der Waals surface area contributed by atoms with Crippen LogP contribution in [0.25, 0.3) is 0 Å². The molecular formula is C12H16NO5P. The number of hydrogen-bond donors (Lipinski definition) is 4. The largest absolute Gasteiger partial charge is 0.480 e. The van der Waals surface area contributed by atoms with Crippen molar-refractivity contribution in [3.63, 3.8) is 0 Å². The molecule has 1 aliphatic carbocycles. The molecule has 2 rings (SSSR count). The summed E-state index contributed by atoms with van der Waals surface area (Å²) in [6.07, 6.45) is 2.46. The molecule has 0 saturated heterocycles. The fourth-order valence-electron chi connectivity index (χ4n) is 2.33. The third-order valence-electron chi connectivity index (χ3n) is 3.78. The van der Waals surface area contributed by atoms with Crippen molar-refractivity contribution in [3.8, 4) is 0 Å². The van der Waals surface area contributed by atoms with Crippen LogP contribution in [0.15, 0.2) is 24.3 Å². The highest BCUT2D eigenvalue weighted by Crippen LogP contribution is 2.41. The summed E-state index contributed by atoms with van der Waals surface area (Å²) in [5, 5.41) is 9.23. The van der Waals surface area contributed by atoms with Gasteiger partial charge in [0.05, 0.1) is 5.30 Å². The molecule has 1 aliphatic rings. The first kappa shape index (κ1) is 14.2. The quantitative estimate of drug-likeness (QED) is 0.599. The molecule has 5 N–H and O–H groups in total. The lowest BCUT2D eigenvalue weighted by Gasteiger charge is -2.39. The highest BCUT2D eigenvalue weighted by Gasteiger charge is 2.46. The number of carboxylic acids is 1. The van der Waals surface area contributed by atoms with Crippen LogP contribution in [0.4, 0.5) is 0 Å². The minimum atomic E-state index is -4.32. The van der Waals surface area contributed by atoms with E-state index in [1.807, 2.05) is 0 Å². The van der Waals surface area contributed by atoms with Gasteiger partial charge in [0, 0.05) is 0 Å². The van der Waals surface area contributed by atoms with E-state index in [-0.39, 0.29) is 11.2 Å². The number of nitrogens with two attached hydrogens (primary N) is 1. The van der Waals surface area contributed by atoms with Gasteiger partial charge in [-0.1, -0.05) is 18.6 Å². The first-order valence-electron chi connectivity index (χ1n) is 5.95. The lowest BCUT2D eigenvalue weighted by Crippen LogP contribution is -2.53. The molecule has 0 radical (unpaired) electrons. The summed E-state index contributed by atoms with van der Waals surface area (Å²) in [6.45, 7) is 0. The van der Waals surface area contributed by atoms with Gasteiger partial charge in [-0.05, 0) is 36.5 Å². The molecule has 1 aromatic rings. The third kappa shape index (κ3) is 2.44. The van der Waals surface area contributed by atoms with Gasteiger partial charge in [0.15, 0.2) is 0 Å². The lowest BCUT2D eigenvalue weighted by atomic mass is 9.68. The van der Waals surface area contributed by atoms with Crippen LogP contribution >= 0.6 is 7.60 Å². The maximum atomic E-state index is 11.5. The molecule has 7 heteroatoms. The molecule has 1 saturated carbocycles. The highest BCUT2D eigenvalue weighted by atomic mass is 31.2. The van der Waals surface area contributed by atoms with Crippen LogP contribution in [0.3, 0.4) is 0 Å². The second-order valence-electron chi connectivity index (χ2n) is 4.89. The Bertz CT molecular complexity index is 534. The third-order valence-corrected chi connectivity index (χ3v) is 4.76. The van der Waals surface area contributed by atoms with E-state index in [0.717, 1.165) is 19.3 Å². The normalized spacial score (nSPS) is 19.5. The highest BCUT2D eigenvalue weighted by molar-refractivity contribution is 7.60. The molecule has 1 aromatic carbocycles. The number of benzene rings is 1. The molecule has 0 spiro atoms. The van der Waals surface area contributed by atoms with Gasteiger partial charge in [-0.3, -0.25) is 4.57 Å². The Hall–Kier alpha value is -1.20. The van der Waals surface area contributed by atoms with Gasteiger partial charge in [0.25, 0.3) is 0 Å². The Morgan fingerprint density at radius 3 is 2.11 bits per heavy atom. The van der Waals surface area contributed by atoms with Crippen molar-refractivity contribution in [2.24, 2.45) is 11.7 Å². The van der Waals surface area contributed by atoms with Gasteiger partial charge >= 0.3 is 13.6 Å². The van der Waals surface area contributed by atoms with E-state index in [0.29, 0.717) is 5.56 Å². The summed E-state index contributed by atoms with van der Waals surface area (Å²) in [6, 6.07) is 5.25. The van der Waals surface area contributed by atoms with E-state index in [4.69, 9.17) is 15.5 Å². The van der Waals surface area contributed by atoms with Crippen molar-refractivity contribution < 1.29 is 24.3 Å². The average molecular weight is 285 g/mol. The molecule has 0 amide bonds. The summed E-state index contributed by atoms with van der Waals surface area (Å²) in [5.74, 6) is -1.24. The molecule has 0 aliphatic heterocycles. The molecule has 19 heavy (non-hydrogen) atoms. The van der Waals surface area contributed by atoms with E-state index in [9.17, 15) is 14.5 Å². The Balaban J connectivity index is 2.38.